The molecule has 0 aromatic carbocycles. The number of carboxylic acid groups (broad SMARTS) is 1. The number of carbonyl (C=O) groups excluding carboxylic acids is 1. The van der Waals surface area contributed by atoms with Crippen molar-refractivity contribution in [1.29, 1.82) is 0 Å². The lowest BCUT2D eigenvalue weighted by Crippen LogP contribution is -2.39. The molecule has 1 aliphatic carbocycles. The minimum Gasteiger partial charge on any atom is -0.478 e. The molecule has 0 spiro atoms. The van der Waals surface area contributed by atoms with Gasteiger partial charge in [0.1, 0.15) is 0 Å². The van der Waals surface area contributed by atoms with Crippen LogP contribution in [0.4, 0.5) is 5.69 Å². The number of nitrogens with zero attached hydrogens (tertiary/aromatic N) is 1. The molecule has 106 valence electrons. The predicted molar refractivity (Wildman–Crippen MR) is 72.4 cm³/mol. The van der Waals surface area contributed by atoms with Crippen molar-refractivity contribution in [3.05, 3.63) is 24.0 Å². The molecule has 0 bridgehead atoms. The SMILES string of the molecule is O=C(O)c1cncc(NC(=O)C2NCC3CCCC32)c1. The Bertz CT molecular complexity index is 546. The standard InChI is InChI=1S/C14H17N3O3/c18-13(12-11-3-1-2-8(11)6-16-12)17-10-4-9(14(19)20)5-15-7-10/h4-5,7-8,11-12,16H,1-3,6H2,(H,17,18)(H,19,20). The molecule has 1 saturated heterocycles. The zero-order valence-corrected chi connectivity index (χ0v) is 11.0. The number of aromatic carboxylic acids is 1. The summed E-state index contributed by atoms with van der Waals surface area (Å²) in [6, 6.07) is 1.25. The predicted octanol–water partition coefficient (Wildman–Crippen LogP) is 1.11. The van der Waals surface area contributed by atoms with Crippen molar-refractivity contribution in [1.82, 2.24) is 10.3 Å². The third-order valence-corrected chi connectivity index (χ3v) is 4.28. The van der Waals surface area contributed by atoms with Crippen LogP contribution >= 0.6 is 0 Å². The zero-order valence-electron chi connectivity index (χ0n) is 11.0. The Hall–Kier alpha value is -1.95. The molecule has 3 unspecified atom stereocenters. The van der Waals surface area contributed by atoms with Crippen LogP contribution in [-0.2, 0) is 4.79 Å². The first-order valence-electron chi connectivity index (χ1n) is 6.88. The van der Waals surface area contributed by atoms with E-state index < -0.39 is 5.97 Å². The molecule has 2 heterocycles. The molecule has 0 radical (unpaired) electrons. The maximum atomic E-state index is 12.3. The Morgan fingerprint density at radius 2 is 2.20 bits per heavy atom. The van der Waals surface area contributed by atoms with Gasteiger partial charge in [0, 0.05) is 6.20 Å². The van der Waals surface area contributed by atoms with Crippen molar-refractivity contribution < 1.29 is 14.7 Å². The summed E-state index contributed by atoms with van der Waals surface area (Å²) in [5, 5.41) is 14.9. The van der Waals surface area contributed by atoms with Crippen LogP contribution in [0.25, 0.3) is 0 Å². The highest BCUT2D eigenvalue weighted by atomic mass is 16.4. The van der Waals surface area contributed by atoms with Crippen molar-refractivity contribution in [3.8, 4) is 0 Å². The number of hydrogen-bond acceptors (Lipinski definition) is 4. The first-order chi connectivity index (χ1) is 9.65. The summed E-state index contributed by atoms with van der Waals surface area (Å²) in [5.41, 5.74) is 0.499. The van der Waals surface area contributed by atoms with Crippen molar-refractivity contribution in [2.45, 2.75) is 25.3 Å². The highest BCUT2D eigenvalue weighted by Crippen LogP contribution is 2.37. The minimum absolute atomic E-state index is 0.0703. The van der Waals surface area contributed by atoms with E-state index in [1.807, 2.05) is 0 Å². The molecule has 1 amide bonds. The van der Waals surface area contributed by atoms with Crippen LogP contribution in [0.3, 0.4) is 0 Å². The van der Waals surface area contributed by atoms with E-state index >= 15 is 0 Å². The van der Waals surface area contributed by atoms with Crippen LogP contribution < -0.4 is 10.6 Å². The Morgan fingerprint density at radius 1 is 1.35 bits per heavy atom. The summed E-state index contributed by atoms with van der Waals surface area (Å²) in [6.07, 6.45) is 6.20. The fraction of sp³-hybridized carbons (Fsp3) is 0.500. The number of fused-ring (bicyclic) bond motifs is 1. The van der Waals surface area contributed by atoms with Crippen molar-refractivity contribution in [2.24, 2.45) is 11.8 Å². The fourth-order valence-corrected chi connectivity index (χ4v) is 3.32. The van der Waals surface area contributed by atoms with E-state index in [0.29, 0.717) is 17.5 Å². The maximum absolute atomic E-state index is 12.3. The molecule has 6 nitrogen and oxygen atoms in total. The van der Waals surface area contributed by atoms with Crippen LogP contribution in [0, 0.1) is 11.8 Å². The number of pyridine rings is 1. The van der Waals surface area contributed by atoms with Crippen LogP contribution in [0.2, 0.25) is 0 Å². The normalized spacial score (nSPS) is 28.1. The number of nitrogens with one attached hydrogen (secondary N) is 2. The van der Waals surface area contributed by atoms with E-state index in [-0.39, 0.29) is 17.5 Å². The summed E-state index contributed by atoms with van der Waals surface area (Å²) in [6.45, 7) is 0.899. The third-order valence-electron chi connectivity index (χ3n) is 4.28. The largest absolute Gasteiger partial charge is 0.478 e. The van der Waals surface area contributed by atoms with Gasteiger partial charge in [-0.2, -0.15) is 0 Å². The Balaban J connectivity index is 1.70. The quantitative estimate of drug-likeness (QED) is 0.768. The minimum atomic E-state index is -1.05. The van der Waals surface area contributed by atoms with E-state index in [0.717, 1.165) is 13.0 Å². The molecule has 6 heteroatoms. The summed E-state index contributed by atoms with van der Waals surface area (Å²) < 4.78 is 0. The monoisotopic (exact) mass is 275 g/mol. The van der Waals surface area contributed by atoms with Gasteiger partial charge < -0.3 is 15.7 Å². The number of aromatic nitrogens is 1. The summed E-state index contributed by atoms with van der Waals surface area (Å²) >= 11 is 0. The second kappa shape index (κ2) is 5.20. The molecule has 1 aliphatic heterocycles. The molecule has 1 aromatic rings. The number of rotatable bonds is 3. The van der Waals surface area contributed by atoms with Crippen LogP contribution in [0.1, 0.15) is 29.6 Å². The third kappa shape index (κ3) is 2.38. The number of anilines is 1. The number of carbonyl (C=O) groups is 2. The molecule has 2 aliphatic rings. The van der Waals surface area contributed by atoms with E-state index in [4.69, 9.17) is 5.11 Å². The Morgan fingerprint density at radius 3 is 3.00 bits per heavy atom. The Labute approximate surface area is 116 Å². The van der Waals surface area contributed by atoms with E-state index in [1.54, 1.807) is 0 Å². The van der Waals surface area contributed by atoms with Gasteiger partial charge in [-0.15, -0.1) is 0 Å². The highest BCUT2D eigenvalue weighted by molar-refractivity contribution is 5.96. The number of hydrogen-bond donors (Lipinski definition) is 3. The van der Waals surface area contributed by atoms with Gasteiger partial charge in [-0.3, -0.25) is 9.78 Å². The first kappa shape index (κ1) is 13.1. The van der Waals surface area contributed by atoms with Gasteiger partial charge in [0.2, 0.25) is 5.91 Å². The molecule has 3 atom stereocenters. The average molecular weight is 275 g/mol. The Kier molecular flexibility index (Phi) is 3.40. The van der Waals surface area contributed by atoms with Crippen LogP contribution in [0.15, 0.2) is 18.5 Å². The van der Waals surface area contributed by atoms with Crippen molar-refractivity contribution in [2.75, 3.05) is 11.9 Å². The smallest absolute Gasteiger partial charge is 0.337 e. The van der Waals surface area contributed by atoms with E-state index in [9.17, 15) is 9.59 Å². The van der Waals surface area contributed by atoms with E-state index in [1.165, 1.54) is 31.3 Å². The molecular weight excluding hydrogens is 258 g/mol. The molecule has 1 aromatic heterocycles. The second-order valence-corrected chi connectivity index (χ2v) is 5.50. The molecule has 3 rings (SSSR count). The topological polar surface area (TPSA) is 91.3 Å². The lowest BCUT2D eigenvalue weighted by Gasteiger charge is -2.17. The molecule has 3 N–H and O–H groups in total. The highest BCUT2D eigenvalue weighted by Gasteiger charge is 2.42. The van der Waals surface area contributed by atoms with Gasteiger partial charge in [0.15, 0.2) is 0 Å². The summed E-state index contributed by atoms with van der Waals surface area (Å²) in [7, 11) is 0. The molecular formula is C14H17N3O3. The number of carboxylic acids is 1. The van der Waals surface area contributed by atoms with Crippen LogP contribution in [-0.4, -0.2) is 34.6 Å². The van der Waals surface area contributed by atoms with Gasteiger partial charge in [0.05, 0.1) is 23.5 Å². The number of amides is 1. The molecule has 20 heavy (non-hydrogen) atoms. The lowest BCUT2D eigenvalue weighted by atomic mass is 9.93. The van der Waals surface area contributed by atoms with Gasteiger partial charge in [-0.05, 0) is 37.3 Å². The van der Waals surface area contributed by atoms with Gasteiger partial charge in [-0.1, -0.05) is 6.42 Å². The van der Waals surface area contributed by atoms with Gasteiger partial charge in [-0.25, -0.2) is 4.79 Å². The zero-order chi connectivity index (χ0) is 14.1. The van der Waals surface area contributed by atoms with Crippen molar-refractivity contribution in [3.63, 3.8) is 0 Å². The molecule has 2 fully saturated rings. The van der Waals surface area contributed by atoms with Crippen LogP contribution in [0.5, 0.6) is 0 Å². The van der Waals surface area contributed by atoms with Gasteiger partial charge in [0.25, 0.3) is 0 Å². The summed E-state index contributed by atoms with van der Waals surface area (Å²) in [4.78, 5) is 27.0. The first-order valence-corrected chi connectivity index (χ1v) is 6.88. The maximum Gasteiger partial charge on any atom is 0.337 e. The van der Waals surface area contributed by atoms with Gasteiger partial charge >= 0.3 is 5.97 Å². The lowest BCUT2D eigenvalue weighted by molar-refractivity contribution is -0.118. The fourth-order valence-electron chi connectivity index (χ4n) is 3.32. The summed E-state index contributed by atoms with van der Waals surface area (Å²) in [5.74, 6) is -0.132. The molecule has 1 saturated carbocycles. The van der Waals surface area contributed by atoms with Crippen molar-refractivity contribution >= 4 is 17.6 Å². The second-order valence-electron chi connectivity index (χ2n) is 5.50. The average Bonchev–Trinajstić information content (AvgIpc) is 3.00. The van der Waals surface area contributed by atoms with E-state index in [2.05, 4.69) is 15.6 Å².